The second-order valence-electron chi connectivity index (χ2n) is 5.35. The number of piperidine rings is 1. The third kappa shape index (κ3) is 2.52. The number of pyridine rings is 1. The number of nitro groups is 1. The zero-order chi connectivity index (χ0) is 15.0. The Balaban J connectivity index is 1.90. The fourth-order valence-corrected chi connectivity index (χ4v) is 4.76. The predicted octanol–water partition coefficient (Wildman–Crippen LogP) is 0.362. The molecule has 2 saturated heterocycles. The van der Waals surface area contributed by atoms with Crippen molar-refractivity contribution in [3.8, 4) is 0 Å². The van der Waals surface area contributed by atoms with E-state index in [1.807, 2.05) is 0 Å². The second kappa shape index (κ2) is 5.32. The van der Waals surface area contributed by atoms with Crippen LogP contribution in [-0.4, -0.2) is 48.3 Å². The average Bonchev–Trinajstić information content (AvgIpc) is 2.95. The summed E-state index contributed by atoms with van der Waals surface area (Å²) in [5, 5.41) is 13.8. The van der Waals surface area contributed by atoms with E-state index in [2.05, 4.69) is 10.3 Å². The van der Waals surface area contributed by atoms with E-state index in [-0.39, 0.29) is 16.8 Å². The van der Waals surface area contributed by atoms with Crippen molar-refractivity contribution in [2.24, 2.45) is 5.92 Å². The van der Waals surface area contributed by atoms with Gasteiger partial charge in [0.15, 0.2) is 6.20 Å². The van der Waals surface area contributed by atoms with E-state index in [4.69, 9.17) is 0 Å². The second-order valence-corrected chi connectivity index (χ2v) is 7.24. The van der Waals surface area contributed by atoms with Crippen LogP contribution in [0.5, 0.6) is 0 Å². The van der Waals surface area contributed by atoms with Gasteiger partial charge in [-0.25, -0.2) is 8.42 Å². The number of hydrogen-bond acceptors (Lipinski definition) is 6. The van der Waals surface area contributed by atoms with Gasteiger partial charge < -0.3 is 15.4 Å². The summed E-state index contributed by atoms with van der Waals surface area (Å²) in [4.78, 5) is 13.6. The van der Waals surface area contributed by atoms with Crippen LogP contribution >= 0.6 is 0 Å². The lowest BCUT2D eigenvalue weighted by Crippen LogP contribution is -2.48. The number of nitrogens with zero attached hydrogens (tertiary/aromatic N) is 3. The highest BCUT2D eigenvalue weighted by molar-refractivity contribution is 7.89. The van der Waals surface area contributed by atoms with E-state index in [1.54, 1.807) is 0 Å². The molecule has 1 aromatic heterocycles. The lowest BCUT2D eigenvalue weighted by molar-refractivity contribution is -0.389. The van der Waals surface area contributed by atoms with Crippen molar-refractivity contribution in [1.29, 1.82) is 0 Å². The van der Waals surface area contributed by atoms with Crippen molar-refractivity contribution in [2.45, 2.75) is 23.8 Å². The third-order valence-electron chi connectivity index (χ3n) is 4.14. The van der Waals surface area contributed by atoms with Crippen LogP contribution < -0.4 is 5.32 Å². The molecule has 3 rings (SSSR count). The van der Waals surface area contributed by atoms with Crippen LogP contribution in [0.25, 0.3) is 0 Å². The molecular formula is C12H16N4O4S. The van der Waals surface area contributed by atoms with Gasteiger partial charge in [0.05, 0.1) is 0 Å². The Labute approximate surface area is 122 Å². The number of sulfonamides is 1. The lowest BCUT2D eigenvalue weighted by Gasteiger charge is -2.35. The Morgan fingerprint density at radius 2 is 2.19 bits per heavy atom. The summed E-state index contributed by atoms with van der Waals surface area (Å²) in [6.07, 6.45) is 2.93. The molecular weight excluding hydrogens is 296 g/mol. The molecule has 2 unspecified atom stereocenters. The summed E-state index contributed by atoms with van der Waals surface area (Å²) in [5.74, 6) is -0.00691. The molecule has 1 N–H and O–H groups in total. The van der Waals surface area contributed by atoms with Gasteiger partial charge in [0.2, 0.25) is 10.0 Å². The van der Waals surface area contributed by atoms with Gasteiger partial charge in [-0.05, 0) is 41.3 Å². The minimum Gasteiger partial charge on any atom is -0.358 e. The first kappa shape index (κ1) is 14.4. The quantitative estimate of drug-likeness (QED) is 0.638. The standard InChI is InChI=1S/C12H16N4O4S/c17-16(18)12-4-3-10(7-14-12)21(19,20)15-5-1-2-9-6-13-8-11(9)15/h3-4,7,9,11,13H,1-2,5-6,8H2. The van der Waals surface area contributed by atoms with Gasteiger partial charge in [-0.3, -0.25) is 0 Å². The van der Waals surface area contributed by atoms with Crippen molar-refractivity contribution in [1.82, 2.24) is 14.6 Å². The molecule has 0 aliphatic carbocycles. The van der Waals surface area contributed by atoms with Crippen LogP contribution in [-0.2, 0) is 10.0 Å². The SMILES string of the molecule is O=[N+]([O-])c1ccc(S(=O)(=O)N2CCCC3CNCC32)cn1. The van der Waals surface area contributed by atoms with Gasteiger partial charge in [-0.1, -0.05) is 0 Å². The zero-order valence-electron chi connectivity index (χ0n) is 11.3. The molecule has 114 valence electrons. The Bertz CT molecular complexity index is 646. The molecule has 1 aromatic rings. The van der Waals surface area contributed by atoms with Crippen LogP contribution in [0.4, 0.5) is 5.82 Å². The Hall–Kier alpha value is -1.58. The van der Waals surface area contributed by atoms with Crippen molar-refractivity contribution in [2.75, 3.05) is 19.6 Å². The van der Waals surface area contributed by atoms with E-state index >= 15 is 0 Å². The average molecular weight is 312 g/mol. The Morgan fingerprint density at radius 3 is 2.86 bits per heavy atom. The topological polar surface area (TPSA) is 105 Å². The Morgan fingerprint density at radius 1 is 1.38 bits per heavy atom. The van der Waals surface area contributed by atoms with Gasteiger partial charge in [-0.15, -0.1) is 0 Å². The normalized spacial score (nSPS) is 26.5. The summed E-state index contributed by atoms with van der Waals surface area (Å²) in [7, 11) is -3.65. The molecule has 2 aliphatic heterocycles. The van der Waals surface area contributed by atoms with Crippen molar-refractivity contribution in [3.63, 3.8) is 0 Å². The number of rotatable bonds is 3. The first-order valence-electron chi connectivity index (χ1n) is 6.83. The highest BCUT2D eigenvalue weighted by atomic mass is 32.2. The summed E-state index contributed by atoms with van der Waals surface area (Å²) in [5.41, 5.74) is 0. The smallest absolute Gasteiger partial charge is 0.358 e. The van der Waals surface area contributed by atoms with E-state index < -0.39 is 14.9 Å². The van der Waals surface area contributed by atoms with Gasteiger partial charge in [-0.2, -0.15) is 4.31 Å². The van der Waals surface area contributed by atoms with Crippen LogP contribution in [0.3, 0.4) is 0 Å². The molecule has 2 fully saturated rings. The van der Waals surface area contributed by atoms with E-state index in [9.17, 15) is 18.5 Å². The number of hydrogen-bond donors (Lipinski definition) is 1. The van der Waals surface area contributed by atoms with E-state index in [1.165, 1.54) is 10.4 Å². The molecule has 0 aromatic carbocycles. The van der Waals surface area contributed by atoms with Crippen molar-refractivity contribution in [3.05, 3.63) is 28.4 Å². The van der Waals surface area contributed by atoms with Gasteiger partial charge in [0, 0.05) is 25.2 Å². The third-order valence-corrected chi connectivity index (χ3v) is 6.05. The molecule has 2 atom stereocenters. The van der Waals surface area contributed by atoms with Gasteiger partial charge >= 0.3 is 5.82 Å². The first-order valence-corrected chi connectivity index (χ1v) is 8.27. The molecule has 0 bridgehead atoms. The van der Waals surface area contributed by atoms with E-state index in [0.717, 1.165) is 31.6 Å². The van der Waals surface area contributed by atoms with Crippen LogP contribution in [0.1, 0.15) is 12.8 Å². The highest BCUT2D eigenvalue weighted by Gasteiger charge is 2.41. The maximum absolute atomic E-state index is 12.7. The molecule has 0 saturated carbocycles. The van der Waals surface area contributed by atoms with Crippen LogP contribution in [0.15, 0.2) is 23.2 Å². The minimum atomic E-state index is -3.65. The fourth-order valence-electron chi connectivity index (χ4n) is 3.09. The number of aromatic nitrogens is 1. The molecule has 0 spiro atoms. The molecule has 3 heterocycles. The van der Waals surface area contributed by atoms with Crippen molar-refractivity contribution >= 4 is 15.8 Å². The van der Waals surface area contributed by atoms with Crippen molar-refractivity contribution < 1.29 is 13.3 Å². The van der Waals surface area contributed by atoms with Crippen LogP contribution in [0, 0.1) is 16.0 Å². The van der Waals surface area contributed by atoms with E-state index in [0.29, 0.717) is 19.0 Å². The Kier molecular flexibility index (Phi) is 3.64. The molecule has 8 nitrogen and oxygen atoms in total. The summed E-state index contributed by atoms with van der Waals surface area (Å²) in [6.45, 7) is 1.99. The first-order chi connectivity index (χ1) is 10.00. The monoisotopic (exact) mass is 312 g/mol. The molecule has 0 radical (unpaired) electrons. The highest BCUT2D eigenvalue weighted by Crippen LogP contribution is 2.31. The molecule has 2 aliphatic rings. The maximum Gasteiger partial charge on any atom is 0.363 e. The zero-order valence-corrected chi connectivity index (χ0v) is 12.1. The lowest BCUT2D eigenvalue weighted by atomic mass is 9.94. The predicted molar refractivity (Wildman–Crippen MR) is 74.2 cm³/mol. The molecule has 21 heavy (non-hydrogen) atoms. The largest absolute Gasteiger partial charge is 0.363 e. The maximum atomic E-state index is 12.7. The molecule has 0 amide bonds. The summed E-state index contributed by atoms with van der Waals surface area (Å²) < 4.78 is 26.9. The summed E-state index contributed by atoms with van der Waals surface area (Å²) >= 11 is 0. The van der Waals surface area contributed by atoms with Crippen LogP contribution in [0.2, 0.25) is 0 Å². The molecule has 9 heteroatoms. The number of nitrogens with one attached hydrogen (secondary N) is 1. The fraction of sp³-hybridized carbons (Fsp3) is 0.583. The van der Waals surface area contributed by atoms with Gasteiger partial charge in [0.1, 0.15) is 4.90 Å². The minimum absolute atomic E-state index is 0.0145. The summed E-state index contributed by atoms with van der Waals surface area (Å²) in [6, 6.07) is 2.35. The van der Waals surface area contributed by atoms with Gasteiger partial charge in [0.25, 0.3) is 0 Å². The number of fused-ring (bicyclic) bond motifs is 1.